The molecule has 0 bridgehead atoms. The van der Waals surface area contributed by atoms with Crippen molar-refractivity contribution >= 4 is 11.9 Å². The van der Waals surface area contributed by atoms with E-state index in [4.69, 9.17) is 14.9 Å². The van der Waals surface area contributed by atoms with Gasteiger partial charge in [0.2, 0.25) is 0 Å². The summed E-state index contributed by atoms with van der Waals surface area (Å²) < 4.78 is 18.4. The van der Waals surface area contributed by atoms with E-state index < -0.39 is 0 Å². The van der Waals surface area contributed by atoms with Crippen LogP contribution in [0.5, 0.6) is 0 Å². The molecule has 8 nitrogen and oxygen atoms in total. The smallest absolute Gasteiger partial charge is 0.303 e. The molecule has 8 heteroatoms. The second kappa shape index (κ2) is 22.1. The fourth-order valence-corrected chi connectivity index (χ4v) is 0.852. The first-order valence-electron chi connectivity index (χ1n) is 6.94. The molecule has 0 aliphatic heterocycles. The molecule has 2 N–H and O–H groups in total. The lowest BCUT2D eigenvalue weighted by Gasteiger charge is -2.10. The van der Waals surface area contributed by atoms with Crippen molar-refractivity contribution in [2.75, 3.05) is 46.8 Å². The molecule has 134 valence electrons. The number of aliphatic hydroxyl groups excluding tert-OH is 2. The molecule has 0 aliphatic rings. The van der Waals surface area contributed by atoms with Gasteiger partial charge in [-0.15, -0.1) is 0 Å². The first kappa shape index (κ1) is 25.7. The predicted molar refractivity (Wildman–Crippen MR) is 80.4 cm³/mol. The van der Waals surface area contributed by atoms with Crippen LogP contribution in [0.25, 0.3) is 0 Å². The molecule has 0 rings (SSSR count). The van der Waals surface area contributed by atoms with E-state index in [-0.39, 0.29) is 37.9 Å². The van der Waals surface area contributed by atoms with Crippen molar-refractivity contribution in [2.45, 2.75) is 33.8 Å². The van der Waals surface area contributed by atoms with Crippen LogP contribution in [0.15, 0.2) is 0 Å². The molecule has 0 fully saturated rings. The maximum atomic E-state index is 10.3. The van der Waals surface area contributed by atoms with Gasteiger partial charge in [-0.1, -0.05) is 0 Å². The maximum absolute atomic E-state index is 10.3. The van der Waals surface area contributed by atoms with Crippen LogP contribution >= 0.6 is 0 Å². The van der Waals surface area contributed by atoms with Crippen molar-refractivity contribution in [3.8, 4) is 0 Å². The Morgan fingerprint density at radius 1 is 1.05 bits per heavy atom. The number of hydrogen-bond donors (Lipinski definition) is 2. The fraction of sp³-hybridized carbons (Fsp3) is 0.857. The van der Waals surface area contributed by atoms with Crippen LogP contribution in [0.1, 0.15) is 27.7 Å². The van der Waals surface area contributed by atoms with Crippen LogP contribution in [0.3, 0.4) is 0 Å². The Balaban J connectivity index is -0.000000277. The van der Waals surface area contributed by atoms with E-state index in [1.165, 1.54) is 13.8 Å². The van der Waals surface area contributed by atoms with Crippen LogP contribution in [0.2, 0.25) is 0 Å². The molecule has 1 unspecified atom stereocenters. The van der Waals surface area contributed by atoms with Gasteiger partial charge >= 0.3 is 11.9 Å². The van der Waals surface area contributed by atoms with Gasteiger partial charge in [-0.2, -0.15) is 0 Å². The summed E-state index contributed by atoms with van der Waals surface area (Å²) >= 11 is 0. The first-order chi connectivity index (χ1) is 10.3. The topological polar surface area (TPSA) is 112 Å². The van der Waals surface area contributed by atoms with E-state index in [0.29, 0.717) is 19.8 Å². The molecular formula is C14H30O8. The molecule has 0 spiro atoms. The van der Waals surface area contributed by atoms with Crippen molar-refractivity contribution in [1.82, 2.24) is 0 Å². The van der Waals surface area contributed by atoms with Crippen LogP contribution in [0.4, 0.5) is 0 Å². The van der Waals surface area contributed by atoms with Gasteiger partial charge in [-0.25, -0.2) is 0 Å². The van der Waals surface area contributed by atoms with E-state index in [2.05, 4.69) is 14.2 Å². The highest BCUT2D eigenvalue weighted by molar-refractivity contribution is 5.67. The highest BCUT2D eigenvalue weighted by atomic mass is 16.6. The summed E-state index contributed by atoms with van der Waals surface area (Å²) in [6.45, 7) is 8.15. The molecule has 0 aromatic carbocycles. The molecule has 22 heavy (non-hydrogen) atoms. The van der Waals surface area contributed by atoms with Crippen molar-refractivity contribution in [1.29, 1.82) is 0 Å². The highest BCUT2D eigenvalue weighted by Gasteiger charge is 2.06. The predicted octanol–water partition coefficient (Wildman–Crippen LogP) is 0.141. The van der Waals surface area contributed by atoms with Crippen LogP contribution < -0.4 is 0 Å². The SMILES string of the molecule is CC(=O)OCC(C)OC(C)=O.CCOCCO.COCCO. The molecular weight excluding hydrogens is 296 g/mol. The van der Waals surface area contributed by atoms with Crippen molar-refractivity contribution in [3.05, 3.63) is 0 Å². The van der Waals surface area contributed by atoms with Gasteiger partial charge in [0, 0.05) is 27.6 Å². The van der Waals surface area contributed by atoms with E-state index >= 15 is 0 Å². The summed E-state index contributed by atoms with van der Waals surface area (Å²) in [6.07, 6.45) is -0.364. The first-order valence-corrected chi connectivity index (χ1v) is 6.94. The Bertz CT molecular complexity index is 239. The Morgan fingerprint density at radius 2 is 1.59 bits per heavy atom. The van der Waals surface area contributed by atoms with Gasteiger partial charge in [0.1, 0.15) is 12.7 Å². The zero-order valence-corrected chi connectivity index (χ0v) is 14.2. The molecule has 0 aliphatic carbocycles. The molecule has 0 aromatic rings. The molecule has 0 heterocycles. The van der Waals surface area contributed by atoms with Crippen LogP contribution in [-0.2, 0) is 28.5 Å². The summed E-state index contributed by atoms with van der Waals surface area (Å²) in [5.41, 5.74) is 0. The summed E-state index contributed by atoms with van der Waals surface area (Å²) in [6, 6.07) is 0. The lowest BCUT2D eigenvalue weighted by atomic mass is 10.4. The maximum Gasteiger partial charge on any atom is 0.303 e. The number of carbonyl (C=O) groups is 2. The number of methoxy groups -OCH3 is 1. The largest absolute Gasteiger partial charge is 0.462 e. The van der Waals surface area contributed by atoms with E-state index in [1.807, 2.05) is 6.92 Å². The van der Waals surface area contributed by atoms with Gasteiger partial charge in [-0.05, 0) is 13.8 Å². The molecule has 0 saturated carbocycles. The Kier molecular flexibility index (Phi) is 25.8. The number of aliphatic hydroxyl groups is 2. The molecule has 1 atom stereocenters. The molecule has 0 aromatic heterocycles. The molecule has 0 saturated heterocycles. The zero-order valence-electron chi connectivity index (χ0n) is 14.2. The average molecular weight is 326 g/mol. The van der Waals surface area contributed by atoms with Crippen molar-refractivity contribution in [3.63, 3.8) is 0 Å². The molecule has 0 radical (unpaired) electrons. The quantitative estimate of drug-likeness (QED) is 0.478. The van der Waals surface area contributed by atoms with Gasteiger partial charge in [-0.3, -0.25) is 9.59 Å². The monoisotopic (exact) mass is 326 g/mol. The second-order valence-electron chi connectivity index (χ2n) is 3.86. The van der Waals surface area contributed by atoms with Crippen molar-refractivity contribution in [2.24, 2.45) is 0 Å². The Hall–Kier alpha value is -1.22. The Morgan fingerprint density at radius 3 is 1.82 bits per heavy atom. The van der Waals surface area contributed by atoms with E-state index in [9.17, 15) is 9.59 Å². The summed E-state index contributed by atoms with van der Waals surface area (Å²) in [4.78, 5) is 20.6. The highest BCUT2D eigenvalue weighted by Crippen LogP contribution is 1.92. The standard InChI is InChI=1S/C7H12O4.C4H10O2.C3H8O2/c1-5(11-7(3)9)4-10-6(2)8;1-2-6-4-3-5;1-5-3-2-4/h5H,4H2,1-3H3;5H,2-4H2,1H3;4H,2-3H2,1H3. The number of rotatable bonds is 8. The normalized spacial score (nSPS) is 10.3. The van der Waals surface area contributed by atoms with Crippen LogP contribution in [-0.4, -0.2) is 75.0 Å². The average Bonchev–Trinajstić information content (AvgIpc) is 2.44. The number of hydrogen-bond acceptors (Lipinski definition) is 8. The number of ether oxygens (including phenoxy) is 4. The van der Waals surface area contributed by atoms with Gasteiger partial charge in [0.15, 0.2) is 0 Å². The summed E-state index contributed by atoms with van der Waals surface area (Å²) in [7, 11) is 1.55. The summed E-state index contributed by atoms with van der Waals surface area (Å²) in [5, 5.41) is 16.0. The van der Waals surface area contributed by atoms with E-state index in [1.54, 1.807) is 14.0 Å². The van der Waals surface area contributed by atoms with Crippen molar-refractivity contribution < 1.29 is 38.7 Å². The van der Waals surface area contributed by atoms with Gasteiger partial charge in [0.05, 0.1) is 26.4 Å². The van der Waals surface area contributed by atoms with Gasteiger partial charge < -0.3 is 29.2 Å². The van der Waals surface area contributed by atoms with Crippen LogP contribution in [0, 0.1) is 0 Å². The fourth-order valence-electron chi connectivity index (χ4n) is 0.852. The third-order valence-corrected chi connectivity index (χ3v) is 1.62. The minimum absolute atomic E-state index is 0.120. The minimum atomic E-state index is -0.371. The number of esters is 2. The third-order valence-electron chi connectivity index (χ3n) is 1.62. The number of carbonyl (C=O) groups excluding carboxylic acids is 2. The lowest BCUT2D eigenvalue weighted by Crippen LogP contribution is -2.19. The Labute approximate surface area is 132 Å². The third kappa shape index (κ3) is 36.3. The molecule has 0 amide bonds. The minimum Gasteiger partial charge on any atom is -0.462 e. The zero-order chi connectivity index (χ0) is 17.8. The second-order valence-corrected chi connectivity index (χ2v) is 3.86. The summed E-state index contributed by atoms with van der Waals surface area (Å²) in [5.74, 6) is -0.742. The van der Waals surface area contributed by atoms with Gasteiger partial charge in [0.25, 0.3) is 0 Å². The van der Waals surface area contributed by atoms with E-state index in [0.717, 1.165) is 0 Å². The lowest BCUT2D eigenvalue weighted by molar-refractivity contribution is -0.155.